The summed E-state index contributed by atoms with van der Waals surface area (Å²) in [5, 5.41) is 3.39. The normalized spacial score (nSPS) is 42.5. The summed E-state index contributed by atoms with van der Waals surface area (Å²) >= 11 is 0. The molecule has 0 spiro atoms. The predicted octanol–water partition coefficient (Wildman–Crippen LogP) is 0.459. The fourth-order valence-electron chi connectivity index (χ4n) is 2.42. The van der Waals surface area contributed by atoms with Crippen molar-refractivity contribution in [3.8, 4) is 0 Å². The topological polar surface area (TPSA) is 24.5 Å². The maximum Gasteiger partial charge on any atom is 0.0728 e. The molecule has 3 nitrogen and oxygen atoms in total. The average Bonchev–Trinajstić information content (AvgIpc) is 2.50. The third kappa shape index (κ3) is 1.60. The Kier molecular flexibility index (Phi) is 2.58. The lowest BCUT2D eigenvalue weighted by Gasteiger charge is -2.42. The summed E-state index contributed by atoms with van der Waals surface area (Å²) in [6, 6.07) is 0. The third-order valence-corrected chi connectivity index (χ3v) is 3.69. The molecule has 76 valence electrons. The van der Waals surface area contributed by atoms with Crippen LogP contribution in [0.5, 0.6) is 0 Å². The Morgan fingerprint density at radius 3 is 2.62 bits per heavy atom. The van der Waals surface area contributed by atoms with Crippen LogP contribution in [0.3, 0.4) is 0 Å². The van der Waals surface area contributed by atoms with Crippen LogP contribution in [0.1, 0.15) is 20.3 Å². The minimum absolute atomic E-state index is 0.294. The molecule has 0 amide bonds. The van der Waals surface area contributed by atoms with Gasteiger partial charge < -0.3 is 10.1 Å². The highest BCUT2D eigenvalue weighted by Gasteiger charge is 2.42. The van der Waals surface area contributed by atoms with E-state index in [9.17, 15) is 0 Å². The van der Waals surface area contributed by atoms with E-state index < -0.39 is 0 Å². The van der Waals surface area contributed by atoms with Gasteiger partial charge in [0.05, 0.1) is 6.10 Å². The first-order valence-electron chi connectivity index (χ1n) is 5.31. The maximum absolute atomic E-state index is 5.66. The van der Waals surface area contributed by atoms with Gasteiger partial charge in [0.25, 0.3) is 0 Å². The molecule has 1 N–H and O–H groups in total. The zero-order valence-corrected chi connectivity index (χ0v) is 8.68. The van der Waals surface area contributed by atoms with Crippen molar-refractivity contribution in [2.75, 3.05) is 32.8 Å². The highest BCUT2D eigenvalue weighted by Crippen LogP contribution is 2.31. The van der Waals surface area contributed by atoms with E-state index in [2.05, 4.69) is 24.1 Å². The van der Waals surface area contributed by atoms with E-state index in [4.69, 9.17) is 4.74 Å². The second-order valence-corrected chi connectivity index (χ2v) is 4.36. The number of ether oxygens (including phenoxy) is 1. The Labute approximate surface area is 80.4 Å². The van der Waals surface area contributed by atoms with E-state index in [0.717, 1.165) is 19.7 Å². The number of nitrogens with zero attached hydrogens (tertiary/aromatic N) is 1. The molecule has 2 saturated heterocycles. The molecule has 0 saturated carbocycles. The van der Waals surface area contributed by atoms with Crippen molar-refractivity contribution in [2.45, 2.75) is 31.9 Å². The van der Waals surface area contributed by atoms with Gasteiger partial charge in [-0.3, -0.25) is 4.90 Å². The predicted molar refractivity (Wildman–Crippen MR) is 52.9 cm³/mol. The lowest BCUT2D eigenvalue weighted by molar-refractivity contribution is 0.0141. The molecular formula is C10H20N2O. The van der Waals surface area contributed by atoms with Crippen LogP contribution in [0, 0.1) is 0 Å². The monoisotopic (exact) mass is 184 g/mol. The molecule has 2 atom stereocenters. The molecule has 0 radical (unpaired) electrons. The van der Waals surface area contributed by atoms with Gasteiger partial charge in [0.15, 0.2) is 0 Å². The highest BCUT2D eigenvalue weighted by atomic mass is 16.5. The minimum Gasteiger partial charge on any atom is -0.377 e. The first kappa shape index (κ1) is 9.44. The van der Waals surface area contributed by atoms with Crippen LogP contribution in [0.15, 0.2) is 0 Å². The molecule has 13 heavy (non-hydrogen) atoms. The number of hydrogen-bond donors (Lipinski definition) is 1. The number of rotatable bonds is 1. The summed E-state index contributed by atoms with van der Waals surface area (Å²) in [6.07, 6.45) is 1.58. The fraction of sp³-hybridized carbons (Fsp3) is 1.00. The second-order valence-electron chi connectivity index (χ2n) is 4.36. The fourth-order valence-corrected chi connectivity index (χ4v) is 2.42. The Hall–Kier alpha value is -0.120. The first-order chi connectivity index (χ1) is 6.23. The van der Waals surface area contributed by atoms with Crippen molar-refractivity contribution in [3.05, 3.63) is 0 Å². The van der Waals surface area contributed by atoms with E-state index in [1.165, 1.54) is 19.5 Å². The number of hydrogen-bond acceptors (Lipinski definition) is 3. The quantitative estimate of drug-likeness (QED) is 0.641. The Balaban J connectivity index is 2.03. The lowest BCUT2D eigenvalue weighted by atomic mass is 9.91. The van der Waals surface area contributed by atoms with Gasteiger partial charge in [-0.25, -0.2) is 0 Å². The number of piperazine rings is 1. The van der Waals surface area contributed by atoms with Gasteiger partial charge in [0.1, 0.15) is 0 Å². The summed E-state index contributed by atoms with van der Waals surface area (Å²) < 4.78 is 5.66. The van der Waals surface area contributed by atoms with Crippen molar-refractivity contribution in [1.29, 1.82) is 0 Å². The van der Waals surface area contributed by atoms with E-state index in [1.807, 2.05) is 0 Å². The summed E-state index contributed by atoms with van der Waals surface area (Å²) in [6.45, 7) is 10.1. The van der Waals surface area contributed by atoms with E-state index in [-0.39, 0.29) is 0 Å². The van der Waals surface area contributed by atoms with Gasteiger partial charge in [0.2, 0.25) is 0 Å². The van der Waals surface area contributed by atoms with Crippen molar-refractivity contribution < 1.29 is 4.74 Å². The Morgan fingerprint density at radius 1 is 1.38 bits per heavy atom. The molecule has 0 aromatic carbocycles. The molecule has 2 aliphatic heterocycles. The largest absolute Gasteiger partial charge is 0.377 e. The molecule has 0 aliphatic carbocycles. The molecule has 0 bridgehead atoms. The third-order valence-electron chi connectivity index (χ3n) is 3.69. The molecule has 2 rings (SSSR count). The van der Waals surface area contributed by atoms with E-state index >= 15 is 0 Å². The molecule has 2 aliphatic rings. The van der Waals surface area contributed by atoms with Crippen molar-refractivity contribution in [2.24, 2.45) is 0 Å². The van der Waals surface area contributed by atoms with Crippen molar-refractivity contribution in [1.82, 2.24) is 10.2 Å². The maximum atomic E-state index is 5.66. The minimum atomic E-state index is 0.294. The SMILES string of the molecule is CC1OCCC1(C)N1CCNCC1. The van der Waals surface area contributed by atoms with Crippen molar-refractivity contribution >= 4 is 0 Å². The van der Waals surface area contributed by atoms with Crippen LogP contribution in [0.4, 0.5) is 0 Å². The van der Waals surface area contributed by atoms with Gasteiger partial charge >= 0.3 is 0 Å². The van der Waals surface area contributed by atoms with Crippen LogP contribution in [0.2, 0.25) is 0 Å². The molecule has 0 aromatic rings. The summed E-state index contributed by atoms with van der Waals surface area (Å²) in [4.78, 5) is 2.58. The number of nitrogens with one attached hydrogen (secondary N) is 1. The second kappa shape index (κ2) is 3.56. The van der Waals surface area contributed by atoms with Gasteiger partial charge in [-0.15, -0.1) is 0 Å². The average molecular weight is 184 g/mol. The van der Waals surface area contributed by atoms with Crippen LogP contribution in [0.25, 0.3) is 0 Å². The summed E-state index contributed by atoms with van der Waals surface area (Å²) in [7, 11) is 0. The lowest BCUT2D eigenvalue weighted by Crippen LogP contribution is -2.57. The molecule has 0 aromatic heterocycles. The summed E-state index contributed by atoms with van der Waals surface area (Å²) in [5.74, 6) is 0. The van der Waals surface area contributed by atoms with Crippen molar-refractivity contribution in [3.63, 3.8) is 0 Å². The van der Waals surface area contributed by atoms with Crippen LogP contribution < -0.4 is 5.32 Å². The van der Waals surface area contributed by atoms with Gasteiger partial charge in [-0.05, 0) is 20.3 Å². The van der Waals surface area contributed by atoms with Gasteiger partial charge in [-0.2, -0.15) is 0 Å². The van der Waals surface area contributed by atoms with Crippen LogP contribution in [-0.4, -0.2) is 49.3 Å². The highest BCUT2D eigenvalue weighted by molar-refractivity contribution is 4.96. The molecule has 3 heteroatoms. The zero-order valence-electron chi connectivity index (χ0n) is 8.68. The Bertz CT molecular complexity index is 180. The molecule has 2 unspecified atom stereocenters. The molecule has 2 fully saturated rings. The van der Waals surface area contributed by atoms with E-state index in [0.29, 0.717) is 11.6 Å². The molecule has 2 heterocycles. The first-order valence-corrected chi connectivity index (χ1v) is 5.31. The Morgan fingerprint density at radius 2 is 2.08 bits per heavy atom. The smallest absolute Gasteiger partial charge is 0.0728 e. The van der Waals surface area contributed by atoms with Gasteiger partial charge in [-0.1, -0.05) is 0 Å². The molecular weight excluding hydrogens is 164 g/mol. The summed E-state index contributed by atoms with van der Waals surface area (Å²) in [5.41, 5.74) is 0.294. The standard InChI is InChI=1S/C10H20N2O/c1-9-10(2,3-8-13-9)12-6-4-11-5-7-12/h9,11H,3-8H2,1-2H3. The van der Waals surface area contributed by atoms with Gasteiger partial charge in [0, 0.05) is 38.3 Å². The van der Waals surface area contributed by atoms with Crippen LogP contribution >= 0.6 is 0 Å². The van der Waals surface area contributed by atoms with Crippen LogP contribution in [-0.2, 0) is 4.74 Å². The van der Waals surface area contributed by atoms with E-state index in [1.54, 1.807) is 0 Å². The zero-order chi connectivity index (χ0) is 9.31.